The van der Waals surface area contributed by atoms with E-state index in [1.165, 1.54) is 0 Å². The topological polar surface area (TPSA) is 76.1 Å². The third kappa shape index (κ3) is 5.04. The molecule has 2 N–H and O–H groups in total. The number of halogens is 2. The maximum absolute atomic E-state index is 12.3. The Kier molecular flexibility index (Phi) is 7.71. The summed E-state index contributed by atoms with van der Waals surface area (Å²) in [7, 11) is 1.73. The number of anilines is 1. The fraction of sp³-hybridized carbons (Fsp3) is 0.346. The SMILES string of the molecule is CCc1nc(-c2ccc(Cl)cc2Cl)c(CC)nc1N[C@H]1c2ccccc2C[C@@H]1OC(=O)CNC. The Morgan fingerprint density at radius 3 is 2.56 bits per heavy atom. The molecule has 0 unspecified atom stereocenters. The van der Waals surface area contributed by atoms with Crippen molar-refractivity contribution >= 4 is 35.0 Å². The second kappa shape index (κ2) is 10.7. The number of aryl methyl sites for hydroxylation is 2. The molecular formula is C26H28Cl2N4O2. The monoisotopic (exact) mass is 498 g/mol. The molecular weight excluding hydrogens is 471 g/mol. The fourth-order valence-electron chi connectivity index (χ4n) is 4.35. The predicted octanol–water partition coefficient (Wildman–Crippen LogP) is 5.42. The average molecular weight is 499 g/mol. The summed E-state index contributed by atoms with van der Waals surface area (Å²) >= 11 is 12.6. The molecule has 2 atom stereocenters. The highest BCUT2D eigenvalue weighted by atomic mass is 35.5. The highest BCUT2D eigenvalue weighted by Crippen LogP contribution is 2.38. The number of likely N-dealkylation sites (N-methyl/N-ethyl adjacent to an activating group) is 1. The van der Waals surface area contributed by atoms with Gasteiger partial charge in [-0.1, -0.05) is 61.3 Å². The molecule has 3 aromatic rings. The van der Waals surface area contributed by atoms with E-state index in [2.05, 4.69) is 22.8 Å². The number of hydrogen-bond acceptors (Lipinski definition) is 6. The maximum atomic E-state index is 12.3. The van der Waals surface area contributed by atoms with Crippen molar-refractivity contribution in [3.63, 3.8) is 0 Å². The lowest BCUT2D eigenvalue weighted by Gasteiger charge is -2.24. The van der Waals surface area contributed by atoms with Gasteiger partial charge in [-0.2, -0.15) is 0 Å². The molecule has 0 amide bonds. The van der Waals surface area contributed by atoms with E-state index in [0.717, 1.165) is 33.8 Å². The van der Waals surface area contributed by atoms with Gasteiger partial charge in [0.15, 0.2) is 0 Å². The van der Waals surface area contributed by atoms with Crippen LogP contribution in [0.5, 0.6) is 0 Å². The summed E-state index contributed by atoms with van der Waals surface area (Å²) in [5.74, 6) is 0.417. The largest absolute Gasteiger partial charge is 0.459 e. The van der Waals surface area contributed by atoms with E-state index >= 15 is 0 Å². The smallest absolute Gasteiger partial charge is 0.320 e. The third-order valence-electron chi connectivity index (χ3n) is 5.98. The van der Waals surface area contributed by atoms with E-state index in [0.29, 0.717) is 35.1 Å². The normalized spacial score (nSPS) is 16.9. The lowest BCUT2D eigenvalue weighted by Crippen LogP contribution is -2.31. The number of nitrogens with zero attached hydrogens (tertiary/aromatic N) is 2. The van der Waals surface area contributed by atoms with E-state index in [9.17, 15) is 4.79 Å². The third-order valence-corrected chi connectivity index (χ3v) is 6.52. The van der Waals surface area contributed by atoms with Crippen molar-refractivity contribution in [1.82, 2.24) is 15.3 Å². The number of benzene rings is 2. The van der Waals surface area contributed by atoms with Gasteiger partial charge < -0.3 is 15.4 Å². The van der Waals surface area contributed by atoms with Gasteiger partial charge in [0.2, 0.25) is 0 Å². The van der Waals surface area contributed by atoms with E-state index in [-0.39, 0.29) is 24.7 Å². The Morgan fingerprint density at radius 2 is 1.85 bits per heavy atom. The molecule has 2 aromatic carbocycles. The number of nitrogens with one attached hydrogen (secondary N) is 2. The van der Waals surface area contributed by atoms with Gasteiger partial charge in [0.25, 0.3) is 0 Å². The Morgan fingerprint density at radius 1 is 1.09 bits per heavy atom. The maximum Gasteiger partial charge on any atom is 0.320 e. The van der Waals surface area contributed by atoms with Gasteiger partial charge >= 0.3 is 5.97 Å². The summed E-state index contributed by atoms with van der Waals surface area (Å²) in [6, 6.07) is 13.3. The lowest BCUT2D eigenvalue weighted by molar-refractivity contribution is -0.148. The van der Waals surface area contributed by atoms with Crippen molar-refractivity contribution in [2.45, 2.75) is 45.3 Å². The summed E-state index contributed by atoms with van der Waals surface area (Å²) in [4.78, 5) is 22.2. The highest BCUT2D eigenvalue weighted by Gasteiger charge is 2.36. The summed E-state index contributed by atoms with van der Waals surface area (Å²) in [6.45, 7) is 4.25. The van der Waals surface area contributed by atoms with E-state index in [4.69, 9.17) is 37.9 Å². The van der Waals surface area contributed by atoms with Crippen LogP contribution in [0.15, 0.2) is 42.5 Å². The molecule has 1 aliphatic carbocycles. The average Bonchev–Trinajstić information content (AvgIpc) is 3.16. The van der Waals surface area contributed by atoms with Crippen LogP contribution >= 0.6 is 23.2 Å². The van der Waals surface area contributed by atoms with Crippen LogP contribution in [0.1, 0.15) is 42.4 Å². The molecule has 8 heteroatoms. The minimum atomic E-state index is -0.333. The van der Waals surface area contributed by atoms with Crippen LogP contribution in [0.3, 0.4) is 0 Å². The van der Waals surface area contributed by atoms with Crippen molar-refractivity contribution in [3.05, 3.63) is 75.0 Å². The van der Waals surface area contributed by atoms with Crippen LogP contribution in [0.25, 0.3) is 11.3 Å². The van der Waals surface area contributed by atoms with Gasteiger partial charge in [-0.15, -0.1) is 0 Å². The van der Waals surface area contributed by atoms with Gasteiger partial charge in [0.05, 0.1) is 34.7 Å². The molecule has 34 heavy (non-hydrogen) atoms. The second-order valence-corrected chi connectivity index (χ2v) is 9.07. The zero-order valence-corrected chi connectivity index (χ0v) is 21.0. The van der Waals surface area contributed by atoms with Crippen molar-refractivity contribution < 1.29 is 9.53 Å². The van der Waals surface area contributed by atoms with Gasteiger partial charge in [-0.25, -0.2) is 9.97 Å². The zero-order chi connectivity index (χ0) is 24.2. The molecule has 1 aliphatic rings. The zero-order valence-electron chi connectivity index (χ0n) is 19.5. The predicted molar refractivity (Wildman–Crippen MR) is 137 cm³/mol. The molecule has 6 nitrogen and oxygen atoms in total. The number of hydrogen-bond donors (Lipinski definition) is 2. The second-order valence-electron chi connectivity index (χ2n) is 8.23. The molecule has 0 radical (unpaired) electrons. The van der Waals surface area contributed by atoms with E-state index in [1.54, 1.807) is 19.2 Å². The molecule has 0 saturated heterocycles. The Bertz CT molecular complexity index is 1200. The van der Waals surface area contributed by atoms with Crippen LogP contribution < -0.4 is 10.6 Å². The van der Waals surface area contributed by atoms with Crippen molar-refractivity contribution in [3.8, 4) is 11.3 Å². The summed E-state index contributed by atoms with van der Waals surface area (Å²) < 4.78 is 5.83. The fourth-order valence-corrected chi connectivity index (χ4v) is 4.85. The molecule has 1 heterocycles. The first-order valence-corrected chi connectivity index (χ1v) is 12.2. The first-order chi connectivity index (χ1) is 16.4. The number of esters is 1. The van der Waals surface area contributed by atoms with Crippen LogP contribution in [0, 0.1) is 0 Å². The summed E-state index contributed by atoms with van der Waals surface area (Å²) in [5, 5.41) is 7.54. The quantitative estimate of drug-likeness (QED) is 0.404. The Labute approximate surface area is 210 Å². The van der Waals surface area contributed by atoms with Crippen LogP contribution in [-0.2, 0) is 28.8 Å². The molecule has 0 aliphatic heterocycles. The van der Waals surface area contributed by atoms with E-state index in [1.807, 2.05) is 32.0 Å². The molecule has 0 fully saturated rings. The molecule has 1 aromatic heterocycles. The van der Waals surface area contributed by atoms with Crippen LogP contribution in [0.2, 0.25) is 10.0 Å². The number of carbonyl (C=O) groups is 1. The number of carbonyl (C=O) groups excluding carboxylic acids is 1. The first kappa shape index (κ1) is 24.5. The first-order valence-electron chi connectivity index (χ1n) is 11.5. The lowest BCUT2D eigenvalue weighted by atomic mass is 10.1. The highest BCUT2D eigenvalue weighted by molar-refractivity contribution is 6.36. The number of ether oxygens (including phenoxy) is 1. The molecule has 0 saturated carbocycles. The molecule has 178 valence electrons. The molecule has 0 bridgehead atoms. The van der Waals surface area contributed by atoms with Crippen molar-refractivity contribution in [1.29, 1.82) is 0 Å². The van der Waals surface area contributed by atoms with Crippen LogP contribution in [-0.4, -0.2) is 35.6 Å². The van der Waals surface area contributed by atoms with Gasteiger partial charge in [0.1, 0.15) is 11.9 Å². The number of fused-ring (bicyclic) bond motifs is 1. The Balaban J connectivity index is 1.72. The summed E-state index contributed by atoms with van der Waals surface area (Å²) in [6.07, 6.45) is 1.68. The number of rotatable bonds is 8. The van der Waals surface area contributed by atoms with Crippen LogP contribution in [0.4, 0.5) is 5.82 Å². The van der Waals surface area contributed by atoms with Gasteiger partial charge in [-0.3, -0.25) is 4.79 Å². The molecule has 4 rings (SSSR count). The van der Waals surface area contributed by atoms with Crippen molar-refractivity contribution in [2.24, 2.45) is 0 Å². The standard InChI is InChI=1S/C26H28Cl2N4O2/c1-4-20-24(18-11-10-16(27)13-19(18)28)30-21(5-2)26(31-20)32-25-17-9-7-6-8-15(17)12-22(25)34-23(33)14-29-3/h6-11,13,22,25,29H,4-5,12,14H2,1-3H3,(H,31,32)/t22-,25-/m0/s1. The van der Waals surface area contributed by atoms with Gasteiger partial charge in [0, 0.05) is 17.0 Å². The Hall–Kier alpha value is -2.67. The number of aromatic nitrogens is 2. The summed E-state index contributed by atoms with van der Waals surface area (Å²) in [5.41, 5.74) is 5.49. The minimum absolute atomic E-state index is 0.163. The molecule has 0 spiro atoms. The van der Waals surface area contributed by atoms with Gasteiger partial charge in [-0.05, 0) is 49.2 Å². The van der Waals surface area contributed by atoms with Crippen molar-refractivity contribution in [2.75, 3.05) is 18.9 Å². The minimum Gasteiger partial charge on any atom is -0.459 e. The van der Waals surface area contributed by atoms with E-state index < -0.39 is 0 Å².